The summed E-state index contributed by atoms with van der Waals surface area (Å²) < 4.78 is 0. The monoisotopic (exact) mass is 215 g/mol. The average Bonchev–Trinajstić information content (AvgIpc) is 2.35. The topological polar surface area (TPSA) is 26.0 Å². The lowest BCUT2D eigenvalue weighted by Crippen LogP contribution is -2.05. The van der Waals surface area contributed by atoms with Crippen LogP contribution in [0, 0.1) is 5.92 Å². The lowest BCUT2D eigenvalue weighted by atomic mass is 9.92. The highest BCUT2D eigenvalue weighted by Crippen LogP contribution is 2.26. The molecule has 1 aromatic rings. The van der Waals surface area contributed by atoms with Crippen molar-refractivity contribution in [2.24, 2.45) is 11.7 Å². The number of nitrogens with two attached hydrogens (primary N) is 1. The van der Waals surface area contributed by atoms with Gasteiger partial charge in [-0.05, 0) is 30.4 Å². The van der Waals surface area contributed by atoms with Crippen molar-refractivity contribution in [3.8, 4) is 0 Å². The Morgan fingerprint density at radius 2 is 2.00 bits per heavy atom. The molecule has 1 nitrogen and oxygen atoms in total. The Bertz CT molecular complexity index is 362. The van der Waals surface area contributed by atoms with Gasteiger partial charge in [0.2, 0.25) is 0 Å². The third kappa shape index (κ3) is 3.35. The number of allylic oxidation sites excluding steroid dienone is 2. The zero-order chi connectivity index (χ0) is 12.0. The minimum atomic E-state index is 0.483. The molecule has 16 heavy (non-hydrogen) atoms. The molecule has 0 aliphatic heterocycles. The van der Waals surface area contributed by atoms with Gasteiger partial charge in [0.25, 0.3) is 0 Å². The third-order valence-electron chi connectivity index (χ3n) is 2.87. The summed E-state index contributed by atoms with van der Waals surface area (Å²) in [7, 11) is 0. The molecule has 0 fully saturated rings. The van der Waals surface area contributed by atoms with Crippen molar-refractivity contribution in [3.05, 3.63) is 54.1 Å². The molecule has 1 rings (SSSR count). The molecule has 0 aromatic heterocycles. The molecule has 86 valence electrons. The smallest absolute Gasteiger partial charge is 0.0140 e. The van der Waals surface area contributed by atoms with E-state index in [-0.39, 0.29) is 0 Å². The Kier molecular flexibility index (Phi) is 5.00. The molecule has 0 amide bonds. The van der Waals surface area contributed by atoms with E-state index >= 15 is 0 Å². The van der Waals surface area contributed by atoms with Crippen molar-refractivity contribution in [2.75, 3.05) is 6.54 Å². The van der Waals surface area contributed by atoms with Crippen LogP contribution in [-0.2, 0) is 0 Å². The van der Waals surface area contributed by atoms with Crippen LogP contribution in [0.5, 0.6) is 0 Å². The van der Waals surface area contributed by atoms with Gasteiger partial charge in [0.15, 0.2) is 0 Å². The molecule has 0 saturated carbocycles. The third-order valence-corrected chi connectivity index (χ3v) is 2.87. The van der Waals surface area contributed by atoms with E-state index in [2.05, 4.69) is 44.7 Å². The maximum absolute atomic E-state index is 5.74. The first kappa shape index (κ1) is 12.7. The molecule has 2 N–H and O–H groups in total. The molecule has 1 atom stereocenters. The van der Waals surface area contributed by atoms with E-state index in [1.807, 2.05) is 12.1 Å². The van der Waals surface area contributed by atoms with Gasteiger partial charge in [0, 0.05) is 6.54 Å². The summed E-state index contributed by atoms with van der Waals surface area (Å²) >= 11 is 0. The number of rotatable bonds is 5. The first-order valence-electron chi connectivity index (χ1n) is 5.75. The zero-order valence-corrected chi connectivity index (χ0v) is 10.2. The van der Waals surface area contributed by atoms with Gasteiger partial charge in [0.1, 0.15) is 0 Å². The molecule has 1 aromatic carbocycles. The van der Waals surface area contributed by atoms with Crippen molar-refractivity contribution in [1.29, 1.82) is 0 Å². The van der Waals surface area contributed by atoms with Gasteiger partial charge in [-0.25, -0.2) is 0 Å². The van der Waals surface area contributed by atoms with Crippen molar-refractivity contribution in [3.63, 3.8) is 0 Å². The SMILES string of the molecule is C=CC(C)C/C(=C(/C)CN)c1ccccc1. The maximum Gasteiger partial charge on any atom is 0.0140 e. The minimum absolute atomic E-state index is 0.483. The summed E-state index contributed by atoms with van der Waals surface area (Å²) in [4.78, 5) is 0. The summed E-state index contributed by atoms with van der Waals surface area (Å²) in [5.41, 5.74) is 9.64. The van der Waals surface area contributed by atoms with Crippen LogP contribution < -0.4 is 5.73 Å². The van der Waals surface area contributed by atoms with E-state index in [1.54, 1.807) is 0 Å². The van der Waals surface area contributed by atoms with Crippen molar-refractivity contribution < 1.29 is 0 Å². The Hall–Kier alpha value is -1.34. The fourth-order valence-electron chi connectivity index (χ4n) is 1.71. The summed E-state index contributed by atoms with van der Waals surface area (Å²) in [6, 6.07) is 10.5. The van der Waals surface area contributed by atoms with Crippen molar-refractivity contribution in [2.45, 2.75) is 20.3 Å². The van der Waals surface area contributed by atoms with E-state index in [0.717, 1.165) is 6.42 Å². The van der Waals surface area contributed by atoms with Gasteiger partial charge >= 0.3 is 0 Å². The highest BCUT2D eigenvalue weighted by atomic mass is 14.5. The maximum atomic E-state index is 5.74. The Balaban J connectivity index is 3.03. The first-order valence-corrected chi connectivity index (χ1v) is 5.75. The van der Waals surface area contributed by atoms with Gasteiger partial charge in [-0.15, -0.1) is 6.58 Å². The second-order valence-electron chi connectivity index (χ2n) is 4.25. The zero-order valence-electron chi connectivity index (χ0n) is 10.2. The molecule has 0 aliphatic carbocycles. The van der Waals surface area contributed by atoms with Crippen LogP contribution in [0.4, 0.5) is 0 Å². The lowest BCUT2D eigenvalue weighted by molar-refractivity contribution is 0.754. The molecule has 1 unspecified atom stereocenters. The average molecular weight is 215 g/mol. The van der Waals surface area contributed by atoms with E-state index in [9.17, 15) is 0 Å². The largest absolute Gasteiger partial charge is 0.327 e. The molecule has 0 spiro atoms. The van der Waals surface area contributed by atoms with Crippen LogP contribution in [0.25, 0.3) is 5.57 Å². The van der Waals surface area contributed by atoms with Gasteiger partial charge in [-0.3, -0.25) is 0 Å². The molecule has 0 radical (unpaired) electrons. The summed E-state index contributed by atoms with van der Waals surface area (Å²) in [6.07, 6.45) is 3.00. The van der Waals surface area contributed by atoms with Crippen molar-refractivity contribution >= 4 is 5.57 Å². The highest BCUT2D eigenvalue weighted by Gasteiger charge is 2.07. The number of hydrogen-bond donors (Lipinski definition) is 1. The lowest BCUT2D eigenvalue weighted by Gasteiger charge is -2.14. The molecule has 0 aliphatic rings. The molecule has 0 bridgehead atoms. The second-order valence-corrected chi connectivity index (χ2v) is 4.25. The summed E-state index contributed by atoms with van der Waals surface area (Å²) in [5.74, 6) is 0.483. The second kappa shape index (κ2) is 6.29. The fraction of sp³-hybridized carbons (Fsp3) is 0.333. The van der Waals surface area contributed by atoms with E-state index in [4.69, 9.17) is 5.73 Å². The van der Waals surface area contributed by atoms with E-state index in [1.165, 1.54) is 16.7 Å². The van der Waals surface area contributed by atoms with Crippen LogP contribution in [-0.4, -0.2) is 6.54 Å². The van der Waals surface area contributed by atoms with Crippen LogP contribution in [0.3, 0.4) is 0 Å². The Morgan fingerprint density at radius 1 is 1.38 bits per heavy atom. The van der Waals surface area contributed by atoms with Gasteiger partial charge in [-0.1, -0.05) is 48.9 Å². The van der Waals surface area contributed by atoms with Crippen LogP contribution >= 0.6 is 0 Å². The number of benzene rings is 1. The highest BCUT2D eigenvalue weighted by molar-refractivity contribution is 5.68. The molecule has 1 heteroatoms. The molecular formula is C15H21N. The minimum Gasteiger partial charge on any atom is -0.327 e. The van der Waals surface area contributed by atoms with Crippen molar-refractivity contribution in [1.82, 2.24) is 0 Å². The predicted molar refractivity (Wildman–Crippen MR) is 72.1 cm³/mol. The molecule has 0 saturated heterocycles. The fourth-order valence-corrected chi connectivity index (χ4v) is 1.71. The van der Waals surface area contributed by atoms with Gasteiger partial charge in [-0.2, -0.15) is 0 Å². The van der Waals surface area contributed by atoms with Crippen LogP contribution in [0.15, 0.2) is 48.6 Å². The molecule has 0 heterocycles. The predicted octanol–water partition coefficient (Wildman–Crippen LogP) is 3.63. The molecular weight excluding hydrogens is 194 g/mol. The normalized spacial score (nSPS) is 14.2. The number of hydrogen-bond acceptors (Lipinski definition) is 1. The van der Waals surface area contributed by atoms with Crippen LogP contribution in [0.1, 0.15) is 25.8 Å². The van der Waals surface area contributed by atoms with E-state index < -0.39 is 0 Å². The quantitative estimate of drug-likeness (QED) is 0.746. The summed E-state index contributed by atoms with van der Waals surface area (Å²) in [6.45, 7) is 8.75. The van der Waals surface area contributed by atoms with Gasteiger partial charge in [0.05, 0.1) is 0 Å². The van der Waals surface area contributed by atoms with Crippen LogP contribution in [0.2, 0.25) is 0 Å². The Labute approximate surface area is 98.7 Å². The van der Waals surface area contributed by atoms with Gasteiger partial charge < -0.3 is 5.73 Å². The first-order chi connectivity index (χ1) is 7.69. The Morgan fingerprint density at radius 3 is 2.50 bits per heavy atom. The van der Waals surface area contributed by atoms with E-state index in [0.29, 0.717) is 12.5 Å². The standard InChI is InChI=1S/C15H21N/c1-4-12(2)10-15(13(3)11-16)14-8-6-5-7-9-14/h4-9,12H,1,10-11,16H2,2-3H3/b15-13+. The summed E-state index contributed by atoms with van der Waals surface area (Å²) in [5, 5.41) is 0.